The van der Waals surface area contributed by atoms with Gasteiger partial charge in [0.25, 0.3) is 5.92 Å². The molecule has 0 bridgehead atoms. The Morgan fingerprint density at radius 2 is 1.87 bits per heavy atom. The van der Waals surface area contributed by atoms with Crippen molar-refractivity contribution in [3.63, 3.8) is 0 Å². The monoisotopic (exact) mass is 418 g/mol. The summed E-state index contributed by atoms with van der Waals surface area (Å²) < 4.78 is 57.0. The maximum absolute atomic E-state index is 15.0. The molecule has 0 spiro atoms. The molecule has 3 heterocycles. The van der Waals surface area contributed by atoms with Crippen LogP contribution in [0.2, 0.25) is 0 Å². The number of anilines is 2. The van der Waals surface area contributed by atoms with Crippen molar-refractivity contribution in [2.45, 2.75) is 25.3 Å². The number of halogens is 4. The predicted octanol–water partition coefficient (Wildman–Crippen LogP) is 4.41. The highest BCUT2D eigenvalue weighted by Gasteiger charge is 2.48. The minimum atomic E-state index is -2.87. The summed E-state index contributed by atoms with van der Waals surface area (Å²) in [5.41, 5.74) is 1.74. The molecular formula is C21H18F4N4O. The van der Waals surface area contributed by atoms with Crippen molar-refractivity contribution in [3.05, 3.63) is 53.9 Å². The summed E-state index contributed by atoms with van der Waals surface area (Å²) in [7, 11) is 0. The molecule has 2 fully saturated rings. The van der Waals surface area contributed by atoms with Crippen LogP contribution in [0, 0.1) is 17.6 Å². The normalized spacial score (nSPS) is 23.3. The molecule has 2 atom stereocenters. The average Bonchev–Trinajstić information content (AvgIpc) is 3.31. The van der Waals surface area contributed by atoms with Gasteiger partial charge in [-0.3, -0.25) is 4.79 Å². The summed E-state index contributed by atoms with van der Waals surface area (Å²) in [5.74, 6) is -5.45. The second-order valence-electron chi connectivity index (χ2n) is 7.90. The molecule has 3 aromatic rings. The number of aromatic amines is 1. The Kier molecular flexibility index (Phi) is 4.06. The molecule has 2 aromatic carbocycles. The lowest BCUT2D eigenvalue weighted by molar-refractivity contribution is -0.129. The molecule has 1 N–H and O–H groups in total. The summed E-state index contributed by atoms with van der Waals surface area (Å²) >= 11 is 0. The number of rotatable bonds is 3. The molecule has 9 heteroatoms. The summed E-state index contributed by atoms with van der Waals surface area (Å²) in [4.78, 5) is 22.3. The molecule has 5 rings (SSSR count). The van der Waals surface area contributed by atoms with E-state index >= 15 is 8.78 Å². The number of hydrogen-bond acceptors (Lipinski definition) is 3. The van der Waals surface area contributed by atoms with Gasteiger partial charge in [0.2, 0.25) is 5.91 Å². The summed E-state index contributed by atoms with van der Waals surface area (Å²) in [6.45, 7) is 1.07. The molecule has 0 radical (unpaired) electrons. The van der Waals surface area contributed by atoms with E-state index < -0.39 is 36.1 Å². The van der Waals surface area contributed by atoms with Gasteiger partial charge in [-0.05, 0) is 30.3 Å². The van der Waals surface area contributed by atoms with Gasteiger partial charge >= 0.3 is 0 Å². The first kappa shape index (κ1) is 18.9. The highest BCUT2D eigenvalue weighted by molar-refractivity contribution is 6.04. The largest absolute Gasteiger partial charge is 0.365 e. The van der Waals surface area contributed by atoms with Gasteiger partial charge in [0, 0.05) is 29.9 Å². The molecule has 156 valence electrons. The predicted molar refractivity (Wildman–Crippen MR) is 104 cm³/mol. The number of nitrogens with zero attached hydrogens (tertiary/aromatic N) is 3. The Labute approximate surface area is 169 Å². The van der Waals surface area contributed by atoms with Gasteiger partial charge in [0.05, 0.1) is 35.9 Å². The molecule has 30 heavy (non-hydrogen) atoms. The fourth-order valence-corrected chi connectivity index (χ4v) is 4.36. The van der Waals surface area contributed by atoms with E-state index in [4.69, 9.17) is 0 Å². The summed E-state index contributed by atoms with van der Waals surface area (Å²) in [6.07, 6.45) is 1.17. The van der Waals surface area contributed by atoms with Crippen molar-refractivity contribution < 1.29 is 22.4 Å². The van der Waals surface area contributed by atoms with E-state index in [1.54, 1.807) is 25.1 Å². The van der Waals surface area contributed by atoms with E-state index in [1.807, 2.05) is 0 Å². The third-order valence-electron chi connectivity index (χ3n) is 5.96. The Morgan fingerprint density at radius 3 is 2.53 bits per heavy atom. The quantitative estimate of drug-likeness (QED) is 0.506. The lowest BCUT2D eigenvalue weighted by Crippen LogP contribution is -2.54. The van der Waals surface area contributed by atoms with Gasteiger partial charge in [0.15, 0.2) is 0 Å². The lowest BCUT2D eigenvalue weighted by atomic mass is 9.82. The zero-order valence-electron chi connectivity index (χ0n) is 16.0. The van der Waals surface area contributed by atoms with Crippen LogP contribution in [-0.4, -0.2) is 34.9 Å². The van der Waals surface area contributed by atoms with Crippen LogP contribution in [0.4, 0.5) is 28.9 Å². The summed E-state index contributed by atoms with van der Waals surface area (Å²) in [6, 6.07) is 6.43. The number of hydrogen-bond donors (Lipinski definition) is 1. The number of H-pyrrole nitrogens is 1. The van der Waals surface area contributed by atoms with Crippen molar-refractivity contribution in [1.29, 1.82) is 0 Å². The molecular weight excluding hydrogens is 400 g/mol. The first-order chi connectivity index (χ1) is 14.2. The summed E-state index contributed by atoms with van der Waals surface area (Å²) in [5, 5.41) is 0. The molecule has 2 aliphatic heterocycles. The van der Waals surface area contributed by atoms with E-state index in [0.29, 0.717) is 11.2 Å². The average molecular weight is 418 g/mol. The van der Waals surface area contributed by atoms with Crippen LogP contribution in [0.3, 0.4) is 0 Å². The third kappa shape index (κ3) is 2.83. The molecule has 1 amide bonds. The minimum Gasteiger partial charge on any atom is -0.365 e. The molecule has 2 unspecified atom stereocenters. The standard InChI is InChI=1S/C21H18F4N4O/c1-11-19(29(20(11)30)12-2-3-16-17(8-12)27-10-26-16)18-14(22)6-13(7-15(18)23)28-5-4-21(24,25)9-28/h2-3,6-8,10-11,19H,4-5,9H2,1H3,(H,26,27). The Hall–Kier alpha value is -3.10. The van der Waals surface area contributed by atoms with Crippen LogP contribution >= 0.6 is 0 Å². The van der Waals surface area contributed by atoms with Crippen LogP contribution in [-0.2, 0) is 4.79 Å². The van der Waals surface area contributed by atoms with Crippen LogP contribution in [0.1, 0.15) is 24.9 Å². The third-order valence-corrected chi connectivity index (χ3v) is 5.96. The van der Waals surface area contributed by atoms with Crippen molar-refractivity contribution in [1.82, 2.24) is 9.97 Å². The van der Waals surface area contributed by atoms with Crippen LogP contribution < -0.4 is 9.80 Å². The highest BCUT2D eigenvalue weighted by atomic mass is 19.3. The zero-order valence-corrected chi connectivity index (χ0v) is 16.0. The second kappa shape index (κ2) is 6.45. The SMILES string of the molecule is CC1C(=O)N(c2ccc3[nH]cnc3c2)C1c1c(F)cc(N2CCC(F)(F)C2)cc1F. The van der Waals surface area contributed by atoms with Gasteiger partial charge in [-0.25, -0.2) is 22.5 Å². The smallest absolute Gasteiger partial charge is 0.266 e. The van der Waals surface area contributed by atoms with Crippen molar-refractivity contribution in [2.75, 3.05) is 22.9 Å². The number of imidazole rings is 1. The van der Waals surface area contributed by atoms with E-state index in [2.05, 4.69) is 9.97 Å². The fraction of sp³-hybridized carbons (Fsp3) is 0.333. The van der Waals surface area contributed by atoms with Crippen LogP contribution in [0.25, 0.3) is 11.0 Å². The van der Waals surface area contributed by atoms with Gasteiger partial charge in [-0.1, -0.05) is 6.92 Å². The number of nitrogens with one attached hydrogen (secondary N) is 1. The number of carbonyl (C=O) groups is 1. The second-order valence-corrected chi connectivity index (χ2v) is 7.90. The molecule has 2 saturated heterocycles. The first-order valence-corrected chi connectivity index (χ1v) is 9.63. The van der Waals surface area contributed by atoms with E-state index in [0.717, 1.165) is 17.6 Å². The molecule has 2 aliphatic rings. The minimum absolute atomic E-state index is 0.0271. The number of alkyl halides is 2. The van der Waals surface area contributed by atoms with Crippen molar-refractivity contribution in [3.8, 4) is 0 Å². The van der Waals surface area contributed by atoms with Gasteiger partial charge in [-0.15, -0.1) is 0 Å². The molecule has 0 aliphatic carbocycles. The van der Waals surface area contributed by atoms with Crippen LogP contribution in [0.15, 0.2) is 36.7 Å². The van der Waals surface area contributed by atoms with Crippen molar-refractivity contribution in [2.24, 2.45) is 5.92 Å². The Morgan fingerprint density at radius 1 is 1.13 bits per heavy atom. The lowest BCUT2D eigenvalue weighted by Gasteiger charge is -2.46. The number of fused-ring (bicyclic) bond motifs is 1. The fourth-order valence-electron chi connectivity index (χ4n) is 4.36. The van der Waals surface area contributed by atoms with E-state index in [1.165, 1.54) is 16.1 Å². The Bertz CT molecular complexity index is 1140. The van der Waals surface area contributed by atoms with E-state index in [9.17, 15) is 13.6 Å². The number of β-lactam (4-membered cyclic amide) rings is 1. The topological polar surface area (TPSA) is 52.2 Å². The van der Waals surface area contributed by atoms with Crippen molar-refractivity contribution >= 4 is 28.3 Å². The van der Waals surface area contributed by atoms with E-state index in [-0.39, 0.29) is 30.1 Å². The van der Waals surface area contributed by atoms with Crippen LogP contribution in [0.5, 0.6) is 0 Å². The van der Waals surface area contributed by atoms with Gasteiger partial charge < -0.3 is 14.8 Å². The maximum Gasteiger partial charge on any atom is 0.266 e. The molecule has 1 aromatic heterocycles. The number of amides is 1. The zero-order chi connectivity index (χ0) is 21.2. The number of carbonyl (C=O) groups excluding carboxylic acids is 1. The molecule has 0 saturated carbocycles. The van der Waals surface area contributed by atoms with Gasteiger partial charge in [-0.2, -0.15) is 0 Å². The number of aromatic nitrogens is 2. The Balaban J connectivity index is 1.51. The highest BCUT2D eigenvalue weighted by Crippen LogP contribution is 2.46. The van der Waals surface area contributed by atoms with Gasteiger partial charge in [0.1, 0.15) is 11.6 Å². The first-order valence-electron chi connectivity index (χ1n) is 9.63. The number of benzene rings is 2. The molecule has 5 nitrogen and oxygen atoms in total. The maximum atomic E-state index is 15.0.